The Morgan fingerprint density at radius 3 is 2.19 bits per heavy atom. The molecule has 110 valence electrons. The van der Waals surface area contributed by atoms with Crippen LogP contribution >= 0.6 is 46.4 Å². The Morgan fingerprint density at radius 1 is 0.905 bits per heavy atom. The van der Waals surface area contributed by atoms with Crippen LogP contribution in [0.5, 0.6) is 0 Å². The van der Waals surface area contributed by atoms with E-state index in [-0.39, 0.29) is 12.5 Å². The maximum absolute atomic E-state index is 11.9. The summed E-state index contributed by atoms with van der Waals surface area (Å²) in [5.74, 6) is -0.254. The zero-order chi connectivity index (χ0) is 15.4. The van der Waals surface area contributed by atoms with Crippen molar-refractivity contribution < 1.29 is 4.79 Å². The van der Waals surface area contributed by atoms with Crippen LogP contribution in [-0.2, 0) is 4.79 Å². The van der Waals surface area contributed by atoms with Gasteiger partial charge in [-0.25, -0.2) is 0 Å². The number of rotatable bonds is 4. The number of hydrogen-bond donors (Lipinski definition) is 2. The molecule has 7 heteroatoms. The van der Waals surface area contributed by atoms with Crippen LogP contribution < -0.4 is 10.6 Å². The monoisotopic (exact) mass is 362 g/mol. The summed E-state index contributed by atoms with van der Waals surface area (Å²) >= 11 is 23.5. The molecule has 0 atom stereocenters. The number of carbonyl (C=O) groups is 1. The van der Waals surface area contributed by atoms with Crippen LogP contribution in [0.25, 0.3) is 0 Å². The average molecular weight is 364 g/mol. The number of anilines is 2. The third-order valence-corrected chi connectivity index (χ3v) is 3.51. The lowest BCUT2D eigenvalue weighted by molar-refractivity contribution is -0.114. The molecule has 0 aliphatic heterocycles. The van der Waals surface area contributed by atoms with Crippen LogP contribution in [0.4, 0.5) is 11.4 Å². The fraction of sp³-hybridized carbons (Fsp3) is 0.0714. The van der Waals surface area contributed by atoms with Gasteiger partial charge in [-0.05, 0) is 36.4 Å². The summed E-state index contributed by atoms with van der Waals surface area (Å²) in [5.41, 5.74) is 1.15. The lowest BCUT2D eigenvalue weighted by Gasteiger charge is -2.10. The zero-order valence-electron chi connectivity index (χ0n) is 10.6. The van der Waals surface area contributed by atoms with Crippen LogP contribution in [0.3, 0.4) is 0 Å². The summed E-state index contributed by atoms with van der Waals surface area (Å²) in [4.78, 5) is 11.9. The normalized spacial score (nSPS) is 10.3. The first-order valence-corrected chi connectivity index (χ1v) is 7.40. The maximum atomic E-state index is 11.9. The second kappa shape index (κ2) is 7.23. The van der Waals surface area contributed by atoms with Crippen LogP contribution in [0.1, 0.15) is 0 Å². The summed E-state index contributed by atoms with van der Waals surface area (Å²) in [7, 11) is 0. The van der Waals surface area contributed by atoms with E-state index in [1.807, 2.05) is 0 Å². The molecule has 1 amide bonds. The fourth-order valence-electron chi connectivity index (χ4n) is 1.62. The fourth-order valence-corrected chi connectivity index (χ4v) is 2.61. The highest BCUT2D eigenvalue weighted by Crippen LogP contribution is 2.25. The highest BCUT2D eigenvalue weighted by molar-refractivity contribution is 6.36. The molecule has 0 aliphatic rings. The second-order valence-electron chi connectivity index (χ2n) is 4.18. The first-order valence-electron chi connectivity index (χ1n) is 5.89. The summed E-state index contributed by atoms with van der Waals surface area (Å²) in [6.45, 7) is 0.0512. The zero-order valence-corrected chi connectivity index (χ0v) is 13.6. The van der Waals surface area contributed by atoms with Crippen molar-refractivity contribution in [1.29, 1.82) is 0 Å². The number of hydrogen-bond acceptors (Lipinski definition) is 2. The molecule has 0 heterocycles. The van der Waals surface area contributed by atoms with E-state index in [0.717, 1.165) is 0 Å². The molecule has 0 bridgehead atoms. The molecule has 3 nitrogen and oxygen atoms in total. The van der Waals surface area contributed by atoms with Crippen molar-refractivity contribution >= 4 is 63.7 Å². The third kappa shape index (κ3) is 4.97. The van der Waals surface area contributed by atoms with E-state index >= 15 is 0 Å². The highest BCUT2D eigenvalue weighted by Gasteiger charge is 2.07. The van der Waals surface area contributed by atoms with Crippen molar-refractivity contribution in [3.05, 3.63) is 56.5 Å². The van der Waals surface area contributed by atoms with Crippen molar-refractivity contribution in [2.24, 2.45) is 0 Å². The van der Waals surface area contributed by atoms with Crippen LogP contribution in [0.2, 0.25) is 20.1 Å². The van der Waals surface area contributed by atoms with Crippen molar-refractivity contribution in [2.75, 3.05) is 17.2 Å². The minimum absolute atomic E-state index is 0.0512. The van der Waals surface area contributed by atoms with Gasteiger partial charge < -0.3 is 10.6 Å². The van der Waals surface area contributed by atoms with E-state index in [1.54, 1.807) is 36.4 Å². The van der Waals surface area contributed by atoms with Gasteiger partial charge in [0.2, 0.25) is 5.91 Å². The van der Waals surface area contributed by atoms with Gasteiger partial charge in [0, 0.05) is 20.8 Å². The molecule has 2 aromatic carbocycles. The van der Waals surface area contributed by atoms with Gasteiger partial charge in [0.05, 0.1) is 17.3 Å². The average Bonchev–Trinajstić information content (AvgIpc) is 2.39. The smallest absolute Gasteiger partial charge is 0.243 e. The van der Waals surface area contributed by atoms with Gasteiger partial charge in [-0.1, -0.05) is 46.4 Å². The quantitative estimate of drug-likeness (QED) is 0.768. The van der Waals surface area contributed by atoms with Crippen molar-refractivity contribution in [3.8, 4) is 0 Å². The summed E-state index contributed by atoms with van der Waals surface area (Å²) < 4.78 is 0. The summed E-state index contributed by atoms with van der Waals surface area (Å²) in [6, 6.07) is 9.81. The lowest BCUT2D eigenvalue weighted by atomic mass is 10.3. The van der Waals surface area contributed by atoms with Crippen molar-refractivity contribution in [3.63, 3.8) is 0 Å². The van der Waals surface area contributed by atoms with E-state index < -0.39 is 0 Å². The largest absolute Gasteiger partial charge is 0.376 e. The van der Waals surface area contributed by atoms with E-state index in [4.69, 9.17) is 46.4 Å². The molecule has 0 saturated carbocycles. The predicted molar refractivity (Wildman–Crippen MR) is 90.0 cm³/mol. The van der Waals surface area contributed by atoms with Crippen LogP contribution in [-0.4, -0.2) is 12.5 Å². The number of benzene rings is 2. The Morgan fingerprint density at radius 2 is 1.57 bits per heavy atom. The molecule has 0 fully saturated rings. The topological polar surface area (TPSA) is 41.1 Å². The molecule has 2 N–H and O–H groups in total. The molecule has 0 unspecified atom stereocenters. The number of nitrogens with one attached hydrogen (secondary N) is 2. The first-order chi connectivity index (χ1) is 9.94. The number of halogens is 4. The highest BCUT2D eigenvalue weighted by atomic mass is 35.5. The Kier molecular flexibility index (Phi) is 5.59. The second-order valence-corrected chi connectivity index (χ2v) is 5.90. The molecule has 0 saturated heterocycles. The van der Waals surface area contributed by atoms with E-state index in [0.29, 0.717) is 31.5 Å². The SMILES string of the molecule is O=C(CNc1cc(Cl)cc(Cl)c1)Nc1ccc(Cl)cc1Cl. The Hall–Kier alpha value is -1.13. The van der Waals surface area contributed by atoms with Gasteiger partial charge in [0.25, 0.3) is 0 Å². The van der Waals surface area contributed by atoms with E-state index in [2.05, 4.69) is 10.6 Å². The molecule has 0 aliphatic carbocycles. The Balaban J connectivity index is 1.95. The number of amides is 1. The molecule has 0 radical (unpaired) electrons. The molecule has 2 rings (SSSR count). The molecule has 0 aromatic heterocycles. The molecule has 21 heavy (non-hydrogen) atoms. The minimum atomic E-state index is -0.254. The third-order valence-electron chi connectivity index (χ3n) is 2.52. The van der Waals surface area contributed by atoms with Gasteiger partial charge in [0.15, 0.2) is 0 Å². The Bertz CT molecular complexity index is 656. The van der Waals surface area contributed by atoms with Gasteiger partial charge in [-0.15, -0.1) is 0 Å². The van der Waals surface area contributed by atoms with Gasteiger partial charge in [-0.3, -0.25) is 4.79 Å². The van der Waals surface area contributed by atoms with Crippen LogP contribution in [0.15, 0.2) is 36.4 Å². The lowest BCUT2D eigenvalue weighted by Crippen LogP contribution is -2.21. The van der Waals surface area contributed by atoms with Gasteiger partial charge in [-0.2, -0.15) is 0 Å². The first kappa shape index (κ1) is 16.2. The Labute approximate surface area is 142 Å². The van der Waals surface area contributed by atoms with E-state index in [9.17, 15) is 4.79 Å². The standard InChI is InChI=1S/C14H10Cl4N2O/c15-8-1-2-13(12(18)6-8)20-14(21)7-19-11-4-9(16)3-10(17)5-11/h1-6,19H,7H2,(H,20,21). The summed E-state index contributed by atoms with van der Waals surface area (Å²) in [6.07, 6.45) is 0. The van der Waals surface area contributed by atoms with Gasteiger partial charge >= 0.3 is 0 Å². The van der Waals surface area contributed by atoms with Crippen LogP contribution in [0, 0.1) is 0 Å². The van der Waals surface area contributed by atoms with Crippen molar-refractivity contribution in [1.82, 2.24) is 0 Å². The number of carbonyl (C=O) groups excluding carboxylic acids is 1. The maximum Gasteiger partial charge on any atom is 0.243 e. The molecule has 0 spiro atoms. The van der Waals surface area contributed by atoms with E-state index in [1.165, 1.54) is 0 Å². The predicted octanol–water partition coefficient (Wildman–Crippen LogP) is 5.35. The molecule has 2 aromatic rings. The summed E-state index contributed by atoms with van der Waals surface area (Å²) in [5, 5.41) is 7.47. The molecular weight excluding hydrogens is 354 g/mol. The van der Waals surface area contributed by atoms with Crippen molar-refractivity contribution in [2.45, 2.75) is 0 Å². The minimum Gasteiger partial charge on any atom is -0.376 e. The molecular formula is C14H10Cl4N2O. The van der Waals surface area contributed by atoms with Gasteiger partial charge in [0.1, 0.15) is 0 Å².